The first-order valence-electron chi connectivity index (χ1n) is 11.3. The summed E-state index contributed by atoms with van der Waals surface area (Å²) in [6.07, 6.45) is 8.34. The quantitative estimate of drug-likeness (QED) is 0.666. The molecule has 0 aromatic heterocycles. The number of carbonyl (C=O) groups excluding carboxylic acids is 2. The van der Waals surface area contributed by atoms with Crippen molar-refractivity contribution >= 4 is 17.9 Å². The minimum atomic E-state index is -0.147. The first-order valence-corrected chi connectivity index (χ1v) is 11.3. The Bertz CT molecular complexity index is 739. The lowest BCUT2D eigenvalue weighted by molar-refractivity contribution is -0.149. The highest BCUT2D eigenvalue weighted by atomic mass is 16.5. The van der Waals surface area contributed by atoms with Crippen LogP contribution in [0.25, 0.3) is 6.08 Å². The van der Waals surface area contributed by atoms with E-state index >= 15 is 0 Å². The van der Waals surface area contributed by atoms with Crippen LogP contribution >= 0.6 is 0 Å². The predicted molar refractivity (Wildman–Crippen MR) is 117 cm³/mol. The number of likely N-dealkylation sites (tertiary alicyclic amines) is 1. The fraction of sp³-hybridized carbons (Fsp3) is 0.583. The molecule has 6 heteroatoms. The third-order valence-corrected chi connectivity index (χ3v) is 6.35. The summed E-state index contributed by atoms with van der Waals surface area (Å²) in [7, 11) is 0. The largest absolute Gasteiger partial charge is 0.365 e. The standard InChI is InChI=1S/C24H33N3O3/c28-23(9-8-19-4-2-1-3-5-19)25-14-22-17-27(24(29)18-30-22)16-21-10-12-26(13-11-21)15-20-6-7-20/h1-5,8-9,20-22H,6-7,10-18H2,(H,25,28). The summed E-state index contributed by atoms with van der Waals surface area (Å²) in [6, 6.07) is 9.73. The smallest absolute Gasteiger partial charge is 0.248 e. The van der Waals surface area contributed by atoms with Crippen LogP contribution < -0.4 is 5.32 Å². The second-order valence-electron chi connectivity index (χ2n) is 8.91. The van der Waals surface area contributed by atoms with Crippen LogP contribution in [0.2, 0.25) is 0 Å². The Morgan fingerprint density at radius 2 is 1.80 bits per heavy atom. The van der Waals surface area contributed by atoms with E-state index in [0.29, 0.717) is 19.0 Å². The number of amides is 2. The van der Waals surface area contributed by atoms with Crippen molar-refractivity contribution in [2.75, 3.05) is 45.9 Å². The summed E-state index contributed by atoms with van der Waals surface area (Å²) in [5, 5.41) is 2.90. The van der Waals surface area contributed by atoms with E-state index in [0.717, 1.165) is 31.1 Å². The first-order chi connectivity index (χ1) is 14.7. The van der Waals surface area contributed by atoms with Gasteiger partial charge >= 0.3 is 0 Å². The summed E-state index contributed by atoms with van der Waals surface area (Å²) < 4.78 is 5.65. The number of benzene rings is 1. The molecule has 2 heterocycles. The van der Waals surface area contributed by atoms with E-state index in [1.54, 1.807) is 6.08 Å². The minimum absolute atomic E-state index is 0.0713. The minimum Gasteiger partial charge on any atom is -0.365 e. The van der Waals surface area contributed by atoms with Crippen molar-refractivity contribution in [3.63, 3.8) is 0 Å². The molecule has 1 N–H and O–H groups in total. The fourth-order valence-electron chi connectivity index (χ4n) is 4.32. The van der Waals surface area contributed by atoms with Crippen molar-refractivity contribution < 1.29 is 14.3 Å². The van der Waals surface area contributed by atoms with Crippen LogP contribution in [0.1, 0.15) is 31.2 Å². The van der Waals surface area contributed by atoms with Crippen LogP contribution in [0.3, 0.4) is 0 Å². The molecule has 0 spiro atoms. The van der Waals surface area contributed by atoms with Gasteiger partial charge in [0.05, 0.1) is 6.10 Å². The Morgan fingerprint density at radius 1 is 1.07 bits per heavy atom. The van der Waals surface area contributed by atoms with Crippen LogP contribution in [0.5, 0.6) is 0 Å². The molecule has 1 aromatic rings. The maximum absolute atomic E-state index is 12.3. The SMILES string of the molecule is O=C(C=Cc1ccccc1)NCC1CN(CC2CCN(CC3CC3)CC2)C(=O)CO1. The fourth-order valence-corrected chi connectivity index (χ4v) is 4.32. The van der Waals surface area contributed by atoms with Crippen molar-refractivity contribution in [3.05, 3.63) is 42.0 Å². The van der Waals surface area contributed by atoms with Crippen LogP contribution in [0.15, 0.2) is 36.4 Å². The Hall–Kier alpha value is -2.18. The Balaban J connectivity index is 1.18. The number of morpholine rings is 1. The molecule has 2 saturated heterocycles. The molecule has 162 valence electrons. The normalized spacial score (nSPS) is 23.8. The number of hydrogen-bond acceptors (Lipinski definition) is 4. The average molecular weight is 412 g/mol. The van der Waals surface area contributed by atoms with E-state index in [9.17, 15) is 9.59 Å². The van der Waals surface area contributed by atoms with Gasteiger partial charge in [-0.2, -0.15) is 0 Å². The Morgan fingerprint density at radius 3 is 2.53 bits per heavy atom. The zero-order valence-electron chi connectivity index (χ0n) is 17.7. The van der Waals surface area contributed by atoms with E-state index in [4.69, 9.17) is 4.74 Å². The molecule has 6 nitrogen and oxygen atoms in total. The lowest BCUT2D eigenvalue weighted by Crippen LogP contribution is -2.52. The highest BCUT2D eigenvalue weighted by Crippen LogP contribution is 2.31. The monoisotopic (exact) mass is 411 g/mol. The van der Waals surface area contributed by atoms with Crippen molar-refractivity contribution in [2.24, 2.45) is 11.8 Å². The van der Waals surface area contributed by atoms with Crippen molar-refractivity contribution in [1.82, 2.24) is 15.1 Å². The van der Waals surface area contributed by atoms with Gasteiger partial charge in [0.25, 0.3) is 0 Å². The molecule has 4 rings (SSSR count). The van der Waals surface area contributed by atoms with Crippen molar-refractivity contribution in [1.29, 1.82) is 0 Å². The van der Waals surface area contributed by atoms with Gasteiger partial charge in [0.15, 0.2) is 0 Å². The van der Waals surface area contributed by atoms with E-state index < -0.39 is 0 Å². The van der Waals surface area contributed by atoms with Crippen LogP contribution in [-0.2, 0) is 14.3 Å². The summed E-state index contributed by atoms with van der Waals surface area (Å²) in [4.78, 5) is 29.0. The average Bonchev–Trinajstić information content (AvgIpc) is 3.59. The maximum Gasteiger partial charge on any atom is 0.248 e. The number of nitrogens with zero attached hydrogens (tertiary/aromatic N) is 2. The van der Waals surface area contributed by atoms with Gasteiger partial charge in [-0.3, -0.25) is 9.59 Å². The van der Waals surface area contributed by atoms with Gasteiger partial charge in [-0.05, 0) is 62.2 Å². The predicted octanol–water partition coefficient (Wildman–Crippen LogP) is 2.17. The van der Waals surface area contributed by atoms with Crippen LogP contribution in [0, 0.1) is 11.8 Å². The molecular formula is C24H33N3O3. The zero-order chi connectivity index (χ0) is 20.8. The number of piperidine rings is 1. The molecule has 3 fully saturated rings. The third-order valence-electron chi connectivity index (χ3n) is 6.35. The Kier molecular flexibility index (Phi) is 7.18. The highest BCUT2D eigenvalue weighted by molar-refractivity contribution is 5.91. The lowest BCUT2D eigenvalue weighted by atomic mass is 9.95. The van der Waals surface area contributed by atoms with Gasteiger partial charge in [-0.25, -0.2) is 0 Å². The molecule has 0 bridgehead atoms. The highest BCUT2D eigenvalue weighted by Gasteiger charge is 2.31. The molecule has 1 atom stereocenters. The number of hydrogen-bond donors (Lipinski definition) is 1. The van der Waals surface area contributed by atoms with E-state index in [2.05, 4.69) is 10.2 Å². The molecule has 1 aromatic carbocycles. The van der Waals surface area contributed by atoms with Crippen molar-refractivity contribution in [3.8, 4) is 0 Å². The lowest BCUT2D eigenvalue weighted by Gasteiger charge is -2.38. The molecule has 30 heavy (non-hydrogen) atoms. The summed E-state index contributed by atoms with van der Waals surface area (Å²) >= 11 is 0. The summed E-state index contributed by atoms with van der Waals surface area (Å²) in [5.74, 6) is 1.45. The molecular weight excluding hydrogens is 378 g/mol. The molecule has 2 amide bonds. The maximum atomic E-state index is 12.3. The molecule has 0 radical (unpaired) electrons. The summed E-state index contributed by atoms with van der Waals surface area (Å²) in [5.41, 5.74) is 0.988. The van der Waals surface area contributed by atoms with E-state index in [-0.39, 0.29) is 24.5 Å². The van der Waals surface area contributed by atoms with Gasteiger partial charge in [0.1, 0.15) is 6.61 Å². The second-order valence-corrected chi connectivity index (χ2v) is 8.91. The molecule has 1 unspecified atom stereocenters. The topological polar surface area (TPSA) is 61.9 Å². The molecule has 1 saturated carbocycles. The number of ether oxygens (including phenoxy) is 1. The number of rotatable bonds is 8. The van der Waals surface area contributed by atoms with E-state index in [1.807, 2.05) is 35.2 Å². The van der Waals surface area contributed by atoms with E-state index in [1.165, 1.54) is 38.3 Å². The number of nitrogens with one attached hydrogen (secondary N) is 1. The third kappa shape index (κ3) is 6.41. The first kappa shape index (κ1) is 21.1. The van der Waals surface area contributed by atoms with Crippen molar-refractivity contribution in [2.45, 2.75) is 31.8 Å². The van der Waals surface area contributed by atoms with Gasteiger partial charge in [-0.15, -0.1) is 0 Å². The molecule has 1 aliphatic carbocycles. The van der Waals surface area contributed by atoms with Gasteiger partial charge in [-0.1, -0.05) is 30.3 Å². The van der Waals surface area contributed by atoms with Gasteiger partial charge < -0.3 is 19.9 Å². The van der Waals surface area contributed by atoms with Gasteiger partial charge in [0.2, 0.25) is 11.8 Å². The molecule has 2 aliphatic heterocycles. The van der Waals surface area contributed by atoms with Crippen LogP contribution in [0.4, 0.5) is 0 Å². The van der Waals surface area contributed by atoms with Crippen LogP contribution in [-0.4, -0.2) is 73.6 Å². The Labute approximate surface area is 179 Å². The van der Waals surface area contributed by atoms with Gasteiger partial charge in [0, 0.05) is 32.3 Å². The zero-order valence-corrected chi connectivity index (χ0v) is 17.7. The summed E-state index contributed by atoms with van der Waals surface area (Å²) in [6.45, 7) is 5.49. The molecule has 3 aliphatic rings. The number of carbonyl (C=O) groups is 2. The second kappa shape index (κ2) is 10.2.